The van der Waals surface area contributed by atoms with Gasteiger partial charge in [-0.15, -0.1) is 11.3 Å². The number of nitriles is 1. The minimum Gasteiger partial charge on any atom is -0.489 e. The maximum atomic E-state index is 13.3. The normalized spacial score (nSPS) is 10.4. The second-order valence-corrected chi connectivity index (χ2v) is 7.94. The summed E-state index contributed by atoms with van der Waals surface area (Å²) in [6.07, 6.45) is 1.61. The lowest BCUT2D eigenvalue weighted by Gasteiger charge is -2.21. The molecule has 2 aromatic heterocycles. The molecule has 0 bridgehead atoms. The Bertz CT molecular complexity index is 1140. The highest BCUT2D eigenvalue weighted by atomic mass is 32.1. The van der Waals surface area contributed by atoms with Crippen LogP contribution in [0.3, 0.4) is 0 Å². The summed E-state index contributed by atoms with van der Waals surface area (Å²) in [4.78, 5) is 16.2. The van der Waals surface area contributed by atoms with Crippen molar-refractivity contribution in [3.05, 3.63) is 112 Å². The fourth-order valence-electron chi connectivity index (χ4n) is 3.20. The van der Waals surface area contributed by atoms with Crippen molar-refractivity contribution in [2.24, 2.45) is 0 Å². The fraction of sp³-hybridized carbons (Fsp3) is 0.120. The van der Waals surface area contributed by atoms with E-state index in [-0.39, 0.29) is 12.5 Å². The average molecular weight is 429 g/mol. The lowest BCUT2D eigenvalue weighted by atomic mass is 10.1. The first-order valence-corrected chi connectivity index (χ1v) is 10.7. The van der Waals surface area contributed by atoms with Crippen LogP contribution >= 0.6 is 11.3 Å². The summed E-state index contributed by atoms with van der Waals surface area (Å²) in [5.41, 5.74) is 1.92. The van der Waals surface area contributed by atoms with Gasteiger partial charge in [-0.1, -0.05) is 30.3 Å². The molecule has 0 saturated heterocycles. The molecule has 2 aromatic carbocycles. The third-order valence-electron chi connectivity index (χ3n) is 4.75. The van der Waals surface area contributed by atoms with Gasteiger partial charge in [0, 0.05) is 16.0 Å². The number of hydrogen-bond donors (Lipinski definition) is 0. The smallest absolute Gasteiger partial charge is 0.254 e. The van der Waals surface area contributed by atoms with Gasteiger partial charge in [-0.3, -0.25) is 4.79 Å². The predicted molar refractivity (Wildman–Crippen MR) is 119 cm³/mol. The van der Waals surface area contributed by atoms with Crippen LogP contribution < -0.4 is 4.74 Å². The topological polar surface area (TPSA) is 66.5 Å². The summed E-state index contributed by atoms with van der Waals surface area (Å²) in [6, 6.07) is 24.3. The van der Waals surface area contributed by atoms with Crippen molar-refractivity contribution in [3.63, 3.8) is 0 Å². The van der Waals surface area contributed by atoms with E-state index in [4.69, 9.17) is 9.15 Å². The third-order valence-corrected chi connectivity index (χ3v) is 5.62. The molecule has 4 rings (SSSR count). The predicted octanol–water partition coefficient (Wildman–Crippen LogP) is 5.63. The summed E-state index contributed by atoms with van der Waals surface area (Å²) in [6.45, 7) is 1.13. The molecule has 2 heterocycles. The van der Waals surface area contributed by atoms with Gasteiger partial charge >= 0.3 is 0 Å². The summed E-state index contributed by atoms with van der Waals surface area (Å²) < 4.78 is 11.3. The summed E-state index contributed by atoms with van der Waals surface area (Å²) in [7, 11) is 0. The highest BCUT2D eigenvalue weighted by Gasteiger charge is 2.19. The van der Waals surface area contributed by atoms with E-state index in [0.29, 0.717) is 30.0 Å². The van der Waals surface area contributed by atoms with E-state index in [9.17, 15) is 10.1 Å². The molecule has 1 amide bonds. The molecule has 6 heteroatoms. The zero-order valence-electron chi connectivity index (χ0n) is 16.7. The summed E-state index contributed by atoms with van der Waals surface area (Å²) >= 11 is 1.61. The van der Waals surface area contributed by atoms with Gasteiger partial charge in [0.2, 0.25) is 0 Å². The number of thiophene rings is 1. The monoisotopic (exact) mass is 428 g/mol. The minimum atomic E-state index is -0.104. The Morgan fingerprint density at radius 3 is 2.71 bits per heavy atom. The van der Waals surface area contributed by atoms with E-state index in [0.717, 1.165) is 16.2 Å². The van der Waals surface area contributed by atoms with Crippen molar-refractivity contribution < 1.29 is 13.9 Å². The maximum absolute atomic E-state index is 13.3. The molecular weight excluding hydrogens is 408 g/mol. The molecule has 0 aliphatic heterocycles. The Balaban J connectivity index is 1.51. The molecule has 0 radical (unpaired) electrons. The highest BCUT2D eigenvalue weighted by Crippen LogP contribution is 2.21. The fourth-order valence-corrected chi connectivity index (χ4v) is 3.92. The minimum absolute atomic E-state index is 0.104. The SMILES string of the molecule is N#Cc1ccccc1COc1cccc(C(=O)N(Cc2ccco2)Cc2cccs2)c1. The van der Waals surface area contributed by atoms with Crippen LogP contribution in [0.15, 0.2) is 88.9 Å². The van der Waals surface area contributed by atoms with Crippen molar-refractivity contribution in [2.45, 2.75) is 19.7 Å². The van der Waals surface area contributed by atoms with Crippen LogP contribution in [0.4, 0.5) is 0 Å². The van der Waals surface area contributed by atoms with E-state index < -0.39 is 0 Å². The van der Waals surface area contributed by atoms with Crippen LogP contribution in [0.1, 0.15) is 32.1 Å². The first kappa shape index (κ1) is 20.5. The molecule has 0 atom stereocenters. The van der Waals surface area contributed by atoms with Crippen molar-refractivity contribution in [2.75, 3.05) is 0 Å². The number of furan rings is 1. The van der Waals surface area contributed by atoms with Crippen LogP contribution in [0.2, 0.25) is 0 Å². The quantitative estimate of drug-likeness (QED) is 0.365. The molecule has 0 aliphatic rings. The lowest BCUT2D eigenvalue weighted by molar-refractivity contribution is 0.0719. The number of rotatable bonds is 8. The van der Waals surface area contributed by atoms with E-state index in [2.05, 4.69) is 6.07 Å². The first-order chi connectivity index (χ1) is 15.2. The molecule has 0 N–H and O–H groups in total. The Morgan fingerprint density at radius 1 is 1.03 bits per heavy atom. The number of ether oxygens (including phenoxy) is 1. The Morgan fingerprint density at radius 2 is 1.94 bits per heavy atom. The number of amides is 1. The lowest BCUT2D eigenvalue weighted by Crippen LogP contribution is -2.29. The highest BCUT2D eigenvalue weighted by molar-refractivity contribution is 7.09. The van der Waals surface area contributed by atoms with Crippen LogP contribution in [0, 0.1) is 11.3 Å². The Labute approximate surface area is 184 Å². The Kier molecular flexibility index (Phi) is 6.46. The molecule has 0 aliphatic carbocycles. The summed E-state index contributed by atoms with van der Waals surface area (Å²) in [5, 5.41) is 11.2. The Hall–Kier alpha value is -3.82. The molecule has 0 spiro atoms. The molecular formula is C25H20N2O3S. The first-order valence-electron chi connectivity index (χ1n) is 9.78. The van der Waals surface area contributed by atoms with Gasteiger partial charge in [-0.25, -0.2) is 0 Å². The van der Waals surface area contributed by atoms with Gasteiger partial charge in [0.15, 0.2) is 0 Å². The number of carbonyl (C=O) groups is 1. The number of nitrogens with zero attached hydrogens (tertiary/aromatic N) is 2. The third kappa shape index (κ3) is 5.21. The van der Waals surface area contributed by atoms with Crippen molar-refractivity contribution in [3.8, 4) is 11.8 Å². The molecule has 4 aromatic rings. The number of carbonyl (C=O) groups excluding carboxylic acids is 1. The van der Waals surface area contributed by atoms with Gasteiger partial charge in [0.05, 0.1) is 31.0 Å². The second-order valence-electron chi connectivity index (χ2n) is 6.91. The number of benzene rings is 2. The van der Waals surface area contributed by atoms with Gasteiger partial charge in [0.1, 0.15) is 18.1 Å². The zero-order chi connectivity index (χ0) is 21.5. The molecule has 5 nitrogen and oxygen atoms in total. The van der Waals surface area contributed by atoms with Crippen molar-refractivity contribution >= 4 is 17.2 Å². The molecule has 0 fully saturated rings. The van der Waals surface area contributed by atoms with Crippen molar-refractivity contribution in [1.82, 2.24) is 4.90 Å². The van der Waals surface area contributed by atoms with Crippen LogP contribution in [-0.2, 0) is 19.7 Å². The maximum Gasteiger partial charge on any atom is 0.254 e. The van der Waals surface area contributed by atoms with Crippen LogP contribution in [-0.4, -0.2) is 10.8 Å². The molecule has 0 unspecified atom stereocenters. The largest absolute Gasteiger partial charge is 0.489 e. The van der Waals surface area contributed by atoms with Crippen molar-refractivity contribution in [1.29, 1.82) is 5.26 Å². The van der Waals surface area contributed by atoms with Gasteiger partial charge in [-0.2, -0.15) is 5.26 Å². The zero-order valence-corrected chi connectivity index (χ0v) is 17.5. The standard InChI is InChI=1S/C25H20N2O3S/c26-15-20-6-1-2-7-21(20)18-30-22-9-3-8-19(14-22)25(28)27(16-23-10-4-12-29-23)17-24-11-5-13-31-24/h1-14H,16-18H2. The van der Waals surface area contributed by atoms with Crippen LogP contribution in [0.25, 0.3) is 0 Å². The number of hydrogen-bond acceptors (Lipinski definition) is 5. The average Bonchev–Trinajstić information content (AvgIpc) is 3.51. The second kappa shape index (κ2) is 9.79. The molecule has 154 valence electrons. The van der Waals surface area contributed by atoms with Gasteiger partial charge in [0.25, 0.3) is 5.91 Å². The van der Waals surface area contributed by atoms with E-state index >= 15 is 0 Å². The van der Waals surface area contributed by atoms with Crippen LogP contribution in [0.5, 0.6) is 5.75 Å². The summed E-state index contributed by atoms with van der Waals surface area (Å²) in [5.74, 6) is 1.20. The van der Waals surface area contributed by atoms with E-state index in [1.54, 1.807) is 46.8 Å². The van der Waals surface area contributed by atoms with E-state index in [1.165, 1.54) is 0 Å². The van der Waals surface area contributed by atoms with Gasteiger partial charge < -0.3 is 14.1 Å². The molecule has 0 saturated carbocycles. The molecule has 31 heavy (non-hydrogen) atoms. The van der Waals surface area contributed by atoms with E-state index in [1.807, 2.05) is 53.9 Å². The van der Waals surface area contributed by atoms with Gasteiger partial charge in [-0.05, 0) is 47.8 Å².